The van der Waals surface area contributed by atoms with Gasteiger partial charge in [0, 0.05) is 31.5 Å². The molecule has 208 valence electrons. The second kappa shape index (κ2) is 15.4. The summed E-state index contributed by atoms with van der Waals surface area (Å²) in [5.41, 5.74) is 0.777. The van der Waals surface area contributed by atoms with Crippen molar-refractivity contribution in [1.82, 2.24) is 31.5 Å². The molecule has 0 bridgehead atoms. The van der Waals surface area contributed by atoms with Crippen molar-refractivity contribution in [2.24, 2.45) is 0 Å². The Balaban J connectivity index is 1.68. The highest BCUT2D eigenvalue weighted by molar-refractivity contribution is 6.14. The van der Waals surface area contributed by atoms with Gasteiger partial charge in [0.2, 0.25) is 29.5 Å². The van der Waals surface area contributed by atoms with Gasteiger partial charge in [-0.3, -0.25) is 43.3 Å². The lowest BCUT2D eigenvalue weighted by atomic mass is 10.1. The number of imide groups is 1. The number of amides is 7. The van der Waals surface area contributed by atoms with E-state index in [9.17, 15) is 38.4 Å². The van der Waals surface area contributed by atoms with Crippen LogP contribution in [0.15, 0.2) is 42.5 Å². The van der Waals surface area contributed by atoms with Gasteiger partial charge in [-0.05, 0) is 12.5 Å². The van der Waals surface area contributed by atoms with Crippen LogP contribution in [0.1, 0.15) is 18.9 Å². The maximum absolute atomic E-state index is 12.5. The standard InChI is InChI=1S/C25H30N6O8/c1-16(32)12-29-25(39)18(11-17-5-3-2-4-6-17)30-21(35)14-28-20(34)13-27-19(33)9-10-26-22(36)15-31-23(37)7-8-24(31)38/h2-8,18H,9-15H2,1H3,(H,26,36)(H,27,33)(H,28,34)(H,29,39)(H,30,35)/t18-/m0/s1. The predicted molar refractivity (Wildman–Crippen MR) is 135 cm³/mol. The molecule has 0 spiro atoms. The van der Waals surface area contributed by atoms with Crippen LogP contribution in [0.2, 0.25) is 0 Å². The van der Waals surface area contributed by atoms with Crippen LogP contribution in [-0.4, -0.2) is 90.8 Å². The molecule has 0 saturated heterocycles. The molecule has 0 radical (unpaired) electrons. The number of nitrogens with zero attached hydrogens (tertiary/aromatic N) is 1. The van der Waals surface area contributed by atoms with Crippen LogP contribution >= 0.6 is 0 Å². The fourth-order valence-corrected chi connectivity index (χ4v) is 3.25. The molecule has 14 nitrogen and oxygen atoms in total. The molecule has 5 N–H and O–H groups in total. The monoisotopic (exact) mass is 542 g/mol. The fraction of sp³-hybridized carbons (Fsp3) is 0.360. The number of carbonyl (C=O) groups excluding carboxylic acids is 8. The van der Waals surface area contributed by atoms with Gasteiger partial charge in [-0.15, -0.1) is 0 Å². The van der Waals surface area contributed by atoms with Crippen molar-refractivity contribution in [1.29, 1.82) is 0 Å². The molecule has 0 saturated carbocycles. The summed E-state index contributed by atoms with van der Waals surface area (Å²) in [7, 11) is 0. The van der Waals surface area contributed by atoms with Crippen molar-refractivity contribution in [3.63, 3.8) is 0 Å². The SMILES string of the molecule is CC(=O)CNC(=O)[C@H](Cc1ccccc1)NC(=O)CNC(=O)CNC(=O)CCNC(=O)CN1C(=O)C=CC1=O. The average Bonchev–Trinajstić information content (AvgIpc) is 3.21. The zero-order valence-electron chi connectivity index (χ0n) is 21.3. The van der Waals surface area contributed by atoms with Crippen molar-refractivity contribution < 1.29 is 38.4 Å². The van der Waals surface area contributed by atoms with Crippen molar-refractivity contribution in [3.05, 3.63) is 48.0 Å². The van der Waals surface area contributed by atoms with Gasteiger partial charge in [-0.25, -0.2) is 0 Å². The fourth-order valence-electron chi connectivity index (χ4n) is 3.25. The Morgan fingerprint density at radius 1 is 0.744 bits per heavy atom. The van der Waals surface area contributed by atoms with Crippen molar-refractivity contribution >= 4 is 47.1 Å². The van der Waals surface area contributed by atoms with Crippen LogP contribution in [0.5, 0.6) is 0 Å². The Labute approximate surface area is 223 Å². The van der Waals surface area contributed by atoms with Crippen LogP contribution in [0.4, 0.5) is 0 Å². The first kappa shape index (κ1) is 30.3. The Bertz CT molecular complexity index is 1130. The van der Waals surface area contributed by atoms with Crippen LogP contribution in [0, 0.1) is 0 Å². The van der Waals surface area contributed by atoms with Gasteiger partial charge >= 0.3 is 0 Å². The van der Waals surface area contributed by atoms with Crippen molar-refractivity contribution in [2.45, 2.75) is 25.8 Å². The van der Waals surface area contributed by atoms with Crippen LogP contribution in [0.25, 0.3) is 0 Å². The third-order valence-corrected chi connectivity index (χ3v) is 5.21. The Morgan fingerprint density at radius 2 is 1.36 bits per heavy atom. The van der Waals surface area contributed by atoms with E-state index in [0.717, 1.165) is 22.6 Å². The normalized spacial score (nSPS) is 12.9. The summed E-state index contributed by atoms with van der Waals surface area (Å²) in [4.78, 5) is 95.3. The second-order valence-electron chi connectivity index (χ2n) is 8.48. The van der Waals surface area contributed by atoms with Gasteiger partial charge < -0.3 is 26.6 Å². The number of ketones is 1. The summed E-state index contributed by atoms with van der Waals surface area (Å²) < 4.78 is 0. The molecule has 0 aromatic heterocycles. The highest BCUT2D eigenvalue weighted by Crippen LogP contribution is 2.04. The number of hydrogen-bond acceptors (Lipinski definition) is 8. The van der Waals surface area contributed by atoms with Gasteiger partial charge in [0.05, 0.1) is 19.6 Å². The summed E-state index contributed by atoms with van der Waals surface area (Å²) in [5, 5.41) is 12.0. The second-order valence-corrected chi connectivity index (χ2v) is 8.48. The summed E-state index contributed by atoms with van der Waals surface area (Å²) in [6.45, 7) is -0.327. The largest absolute Gasteiger partial charge is 0.354 e. The summed E-state index contributed by atoms with van der Waals surface area (Å²) in [6.07, 6.45) is 2.09. The van der Waals surface area contributed by atoms with E-state index in [0.29, 0.717) is 0 Å². The van der Waals surface area contributed by atoms with E-state index >= 15 is 0 Å². The zero-order valence-corrected chi connectivity index (χ0v) is 21.3. The van der Waals surface area contributed by atoms with Crippen molar-refractivity contribution in [2.75, 3.05) is 32.7 Å². The minimum atomic E-state index is -0.982. The van der Waals surface area contributed by atoms with Gasteiger partial charge in [-0.2, -0.15) is 0 Å². The molecule has 39 heavy (non-hydrogen) atoms. The number of hydrogen-bond donors (Lipinski definition) is 5. The molecule has 0 unspecified atom stereocenters. The minimum Gasteiger partial charge on any atom is -0.354 e. The molecule has 1 aliphatic heterocycles. The molecule has 1 atom stereocenters. The van der Waals surface area contributed by atoms with Gasteiger partial charge in [-0.1, -0.05) is 30.3 Å². The van der Waals surface area contributed by atoms with Crippen LogP contribution < -0.4 is 26.6 Å². The van der Waals surface area contributed by atoms with E-state index in [2.05, 4.69) is 26.6 Å². The summed E-state index contributed by atoms with van der Waals surface area (Å²) in [6, 6.07) is 7.93. The number of rotatable bonds is 15. The predicted octanol–water partition coefficient (Wildman–Crippen LogP) is -2.92. The highest BCUT2D eigenvalue weighted by atomic mass is 16.2. The molecule has 14 heteroatoms. The van der Waals surface area contributed by atoms with Crippen LogP contribution in [-0.2, 0) is 44.8 Å². The van der Waals surface area contributed by atoms with Crippen LogP contribution in [0.3, 0.4) is 0 Å². The van der Waals surface area contributed by atoms with E-state index in [-0.39, 0.29) is 31.7 Å². The first-order chi connectivity index (χ1) is 18.5. The Morgan fingerprint density at radius 3 is 2.00 bits per heavy atom. The number of nitrogens with one attached hydrogen (secondary N) is 5. The number of benzene rings is 1. The molecule has 1 aliphatic rings. The average molecular weight is 543 g/mol. The van der Waals surface area contributed by atoms with Gasteiger partial charge in [0.1, 0.15) is 18.4 Å². The Hall–Kier alpha value is -4.88. The molecule has 1 heterocycles. The molecule has 2 rings (SSSR count). The van der Waals surface area contributed by atoms with Gasteiger partial charge in [0.15, 0.2) is 0 Å². The quantitative estimate of drug-likeness (QED) is 0.145. The highest BCUT2D eigenvalue weighted by Gasteiger charge is 2.25. The molecule has 0 aliphatic carbocycles. The van der Waals surface area contributed by atoms with E-state index in [4.69, 9.17) is 0 Å². The summed E-state index contributed by atoms with van der Waals surface area (Å²) >= 11 is 0. The molecule has 1 aromatic carbocycles. The first-order valence-corrected chi connectivity index (χ1v) is 12.0. The smallest absolute Gasteiger partial charge is 0.254 e. The van der Waals surface area contributed by atoms with Gasteiger partial charge in [0.25, 0.3) is 11.8 Å². The zero-order chi connectivity index (χ0) is 28.8. The topological polar surface area (TPSA) is 200 Å². The maximum atomic E-state index is 12.5. The van der Waals surface area contributed by atoms with E-state index in [1.54, 1.807) is 30.3 Å². The van der Waals surface area contributed by atoms with E-state index in [1.165, 1.54) is 6.92 Å². The Kier molecular flexibility index (Phi) is 12.0. The van der Waals surface area contributed by atoms with E-state index < -0.39 is 67.0 Å². The molecule has 7 amide bonds. The lowest BCUT2D eigenvalue weighted by molar-refractivity contribution is -0.141. The molecule has 1 aromatic rings. The maximum Gasteiger partial charge on any atom is 0.254 e. The third-order valence-electron chi connectivity index (χ3n) is 5.21. The van der Waals surface area contributed by atoms with Crippen molar-refractivity contribution in [3.8, 4) is 0 Å². The number of Topliss-reactive ketones (excluding diaryl/α,β-unsaturated/α-hetero) is 1. The number of carbonyl (C=O) groups is 8. The summed E-state index contributed by atoms with van der Waals surface area (Å²) in [5.74, 6) is -4.51. The third kappa shape index (κ3) is 11.4. The first-order valence-electron chi connectivity index (χ1n) is 12.0. The minimum absolute atomic E-state index is 0.0904. The molecular formula is C25H30N6O8. The molecular weight excluding hydrogens is 512 g/mol. The lowest BCUT2D eigenvalue weighted by Crippen LogP contribution is -2.51. The van der Waals surface area contributed by atoms with E-state index in [1.807, 2.05) is 0 Å². The lowest BCUT2D eigenvalue weighted by Gasteiger charge is -2.18. The molecule has 0 fully saturated rings.